The molecule has 3 heteroatoms. The number of aromatic nitrogens is 1. The maximum atomic E-state index is 11.7. The summed E-state index contributed by atoms with van der Waals surface area (Å²) in [4.78, 5) is 11.7. The van der Waals surface area contributed by atoms with Crippen molar-refractivity contribution in [3.05, 3.63) is 68.5 Å². The minimum atomic E-state index is 0.0444. The van der Waals surface area contributed by atoms with Crippen LogP contribution in [-0.4, -0.2) is 4.57 Å². The largest absolute Gasteiger partial charge is 0.311 e. The Morgan fingerprint density at radius 3 is 2.50 bits per heavy atom. The van der Waals surface area contributed by atoms with Crippen LogP contribution in [0.4, 0.5) is 0 Å². The zero-order chi connectivity index (χ0) is 11.5. The second kappa shape index (κ2) is 4.66. The first-order valence-electron chi connectivity index (χ1n) is 5.07. The molecule has 82 valence electrons. The summed E-state index contributed by atoms with van der Waals surface area (Å²) in [5.74, 6) is 0. The number of hydrogen-bond acceptors (Lipinski definition) is 1. The third-order valence-electron chi connectivity index (χ3n) is 2.42. The molecule has 0 saturated heterocycles. The molecule has 0 aliphatic carbocycles. The van der Waals surface area contributed by atoms with E-state index in [1.54, 1.807) is 10.6 Å². The van der Waals surface area contributed by atoms with Crippen molar-refractivity contribution in [3.63, 3.8) is 0 Å². The number of benzene rings is 1. The van der Waals surface area contributed by atoms with E-state index in [-0.39, 0.29) is 5.56 Å². The molecular weight excluding hydrogens is 266 g/mol. The molecule has 1 aromatic heterocycles. The highest BCUT2D eigenvalue weighted by Gasteiger charge is 1.98. The molecule has 0 amide bonds. The van der Waals surface area contributed by atoms with Crippen LogP contribution >= 0.6 is 15.9 Å². The molecule has 2 rings (SSSR count). The molecule has 0 aliphatic rings. The number of aryl methyl sites for hydroxylation is 1. The smallest absolute Gasteiger partial charge is 0.251 e. The third-order valence-corrected chi connectivity index (χ3v) is 2.95. The average molecular weight is 278 g/mol. The summed E-state index contributed by atoms with van der Waals surface area (Å²) in [5, 5.41) is 0. The van der Waals surface area contributed by atoms with Crippen molar-refractivity contribution in [1.82, 2.24) is 4.57 Å². The summed E-state index contributed by atoms with van der Waals surface area (Å²) >= 11 is 3.39. The Bertz CT molecular complexity index is 543. The molecular formula is C13H12BrNO. The van der Waals surface area contributed by atoms with Crippen molar-refractivity contribution in [2.45, 2.75) is 13.5 Å². The van der Waals surface area contributed by atoms with E-state index < -0.39 is 0 Å². The van der Waals surface area contributed by atoms with Crippen LogP contribution in [0.25, 0.3) is 0 Å². The third kappa shape index (κ3) is 2.61. The fourth-order valence-electron chi connectivity index (χ4n) is 1.52. The monoisotopic (exact) mass is 277 g/mol. The minimum Gasteiger partial charge on any atom is -0.311 e. The van der Waals surface area contributed by atoms with E-state index in [4.69, 9.17) is 0 Å². The first-order chi connectivity index (χ1) is 7.65. The standard InChI is InChI=1S/C13H12BrNO/c1-10-6-7-15(13(16)8-10)9-11-2-4-12(14)5-3-11/h2-8H,9H2,1H3. The normalized spacial score (nSPS) is 10.4. The molecule has 0 bridgehead atoms. The van der Waals surface area contributed by atoms with Gasteiger partial charge in [0.2, 0.25) is 0 Å². The van der Waals surface area contributed by atoms with Crippen LogP contribution in [0.1, 0.15) is 11.1 Å². The summed E-state index contributed by atoms with van der Waals surface area (Å²) in [6.45, 7) is 2.54. The summed E-state index contributed by atoms with van der Waals surface area (Å²) < 4.78 is 2.75. The molecule has 2 aromatic rings. The molecule has 0 radical (unpaired) electrons. The predicted molar refractivity (Wildman–Crippen MR) is 68.7 cm³/mol. The molecule has 0 N–H and O–H groups in total. The van der Waals surface area contributed by atoms with Gasteiger partial charge in [0.25, 0.3) is 5.56 Å². The Morgan fingerprint density at radius 1 is 1.19 bits per heavy atom. The highest BCUT2D eigenvalue weighted by molar-refractivity contribution is 9.10. The van der Waals surface area contributed by atoms with Crippen molar-refractivity contribution in [1.29, 1.82) is 0 Å². The lowest BCUT2D eigenvalue weighted by atomic mass is 10.2. The Morgan fingerprint density at radius 2 is 1.88 bits per heavy atom. The second-order valence-electron chi connectivity index (χ2n) is 3.80. The number of pyridine rings is 1. The number of halogens is 1. The van der Waals surface area contributed by atoms with Gasteiger partial charge in [0.05, 0.1) is 6.54 Å². The molecule has 0 fully saturated rings. The van der Waals surface area contributed by atoms with Crippen LogP contribution in [0.5, 0.6) is 0 Å². The van der Waals surface area contributed by atoms with E-state index in [1.165, 1.54) is 0 Å². The minimum absolute atomic E-state index is 0.0444. The average Bonchev–Trinajstić information content (AvgIpc) is 2.25. The van der Waals surface area contributed by atoms with Crippen LogP contribution in [0, 0.1) is 6.92 Å². The number of nitrogens with zero attached hydrogens (tertiary/aromatic N) is 1. The van der Waals surface area contributed by atoms with Crippen LogP contribution < -0.4 is 5.56 Å². The Labute approximate surface area is 103 Å². The summed E-state index contributed by atoms with van der Waals surface area (Å²) in [6, 6.07) is 11.6. The predicted octanol–water partition coefficient (Wildman–Crippen LogP) is 2.97. The zero-order valence-electron chi connectivity index (χ0n) is 8.98. The first kappa shape index (κ1) is 11.1. The molecule has 16 heavy (non-hydrogen) atoms. The second-order valence-corrected chi connectivity index (χ2v) is 4.71. The van der Waals surface area contributed by atoms with Crippen LogP contribution in [-0.2, 0) is 6.54 Å². The maximum absolute atomic E-state index is 11.7. The number of hydrogen-bond donors (Lipinski definition) is 0. The molecule has 1 aromatic carbocycles. The van der Waals surface area contributed by atoms with E-state index in [1.807, 2.05) is 43.5 Å². The van der Waals surface area contributed by atoms with Crippen molar-refractivity contribution in [2.75, 3.05) is 0 Å². The van der Waals surface area contributed by atoms with Gasteiger partial charge in [0, 0.05) is 16.7 Å². The highest BCUT2D eigenvalue weighted by Crippen LogP contribution is 2.11. The van der Waals surface area contributed by atoms with Gasteiger partial charge >= 0.3 is 0 Å². The quantitative estimate of drug-likeness (QED) is 0.827. The topological polar surface area (TPSA) is 22.0 Å². The van der Waals surface area contributed by atoms with Gasteiger partial charge in [0.1, 0.15) is 0 Å². The fraction of sp³-hybridized carbons (Fsp3) is 0.154. The maximum Gasteiger partial charge on any atom is 0.251 e. The van der Waals surface area contributed by atoms with E-state index in [0.29, 0.717) is 6.54 Å². The Hall–Kier alpha value is -1.35. The van der Waals surface area contributed by atoms with Gasteiger partial charge < -0.3 is 4.57 Å². The number of rotatable bonds is 2. The van der Waals surface area contributed by atoms with E-state index in [2.05, 4.69) is 15.9 Å². The van der Waals surface area contributed by atoms with Crippen molar-refractivity contribution >= 4 is 15.9 Å². The fourth-order valence-corrected chi connectivity index (χ4v) is 1.79. The molecule has 1 heterocycles. The van der Waals surface area contributed by atoms with Gasteiger partial charge in [0.15, 0.2) is 0 Å². The molecule has 0 aliphatic heterocycles. The SMILES string of the molecule is Cc1ccn(Cc2ccc(Br)cc2)c(=O)c1. The van der Waals surface area contributed by atoms with E-state index >= 15 is 0 Å². The summed E-state index contributed by atoms with van der Waals surface area (Å²) in [6.07, 6.45) is 1.83. The zero-order valence-corrected chi connectivity index (χ0v) is 10.6. The van der Waals surface area contributed by atoms with Gasteiger partial charge in [-0.3, -0.25) is 4.79 Å². The first-order valence-corrected chi connectivity index (χ1v) is 5.86. The van der Waals surface area contributed by atoms with Crippen LogP contribution in [0.3, 0.4) is 0 Å². The van der Waals surface area contributed by atoms with Gasteiger partial charge in [-0.05, 0) is 36.2 Å². The van der Waals surface area contributed by atoms with Gasteiger partial charge in [-0.15, -0.1) is 0 Å². The molecule has 2 nitrogen and oxygen atoms in total. The lowest BCUT2D eigenvalue weighted by molar-refractivity contribution is 0.757. The molecule has 0 spiro atoms. The van der Waals surface area contributed by atoms with E-state index in [0.717, 1.165) is 15.6 Å². The van der Waals surface area contributed by atoms with Crippen molar-refractivity contribution in [2.24, 2.45) is 0 Å². The molecule has 0 unspecified atom stereocenters. The molecule has 0 saturated carbocycles. The Kier molecular flexibility index (Phi) is 3.25. The Balaban J connectivity index is 2.27. The van der Waals surface area contributed by atoms with Crippen LogP contribution in [0.2, 0.25) is 0 Å². The van der Waals surface area contributed by atoms with Gasteiger partial charge in [-0.1, -0.05) is 28.1 Å². The summed E-state index contributed by atoms with van der Waals surface area (Å²) in [5.41, 5.74) is 2.16. The van der Waals surface area contributed by atoms with Gasteiger partial charge in [-0.2, -0.15) is 0 Å². The lowest BCUT2D eigenvalue weighted by Crippen LogP contribution is -2.19. The lowest BCUT2D eigenvalue weighted by Gasteiger charge is -2.06. The van der Waals surface area contributed by atoms with Crippen molar-refractivity contribution < 1.29 is 0 Å². The highest BCUT2D eigenvalue weighted by atomic mass is 79.9. The van der Waals surface area contributed by atoms with Gasteiger partial charge in [-0.25, -0.2) is 0 Å². The van der Waals surface area contributed by atoms with E-state index in [9.17, 15) is 4.79 Å². The van der Waals surface area contributed by atoms with Crippen molar-refractivity contribution in [3.8, 4) is 0 Å². The van der Waals surface area contributed by atoms with Crippen LogP contribution in [0.15, 0.2) is 51.9 Å². The molecule has 0 atom stereocenters. The summed E-state index contributed by atoms with van der Waals surface area (Å²) in [7, 11) is 0.